The molecular formula is C15H28N2. The number of likely N-dealkylation sites (tertiary alicyclic amines) is 2. The molecule has 0 aromatic heterocycles. The predicted octanol–water partition coefficient (Wildman–Crippen LogP) is 2.45. The summed E-state index contributed by atoms with van der Waals surface area (Å²) in [7, 11) is 0. The van der Waals surface area contributed by atoms with Gasteiger partial charge in [-0.1, -0.05) is 6.42 Å². The lowest BCUT2D eigenvalue weighted by atomic mass is 9.85. The van der Waals surface area contributed by atoms with Crippen LogP contribution in [0.25, 0.3) is 0 Å². The van der Waals surface area contributed by atoms with Crippen LogP contribution in [0.2, 0.25) is 0 Å². The Kier molecular flexibility index (Phi) is 2.99. The van der Waals surface area contributed by atoms with Gasteiger partial charge in [0.2, 0.25) is 0 Å². The molecule has 2 heteroatoms. The summed E-state index contributed by atoms with van der Waals surface area (Å²) in [6, 6.07) is 0. The van der Waals surface area contributed by atoms with E-state index in [9.17, 15) is 0 Å². The molecule has 2 atom stereocenters. The van der Waals surface area contributed by atoms with Crippen molar-refractivity contribution >= 4 is 0 Å². The van der Waals surface area contributed by atoms with Gasteiger partial charge in [-0.3, -0.25) is 4.90 Å². The fourth-order valence-corrected chi connectivity index (χ4v) is 3.83. The van der Waals surface area contributed by atoms with E-state index in [1.165, 1.54) is 52.0 Å². The van der Waals surface area contributed by atoms with E-state index in [-0.39, 0.29) is 0 Å². The second kappa shape index (κ2) is 4.24. The molecule has 1 aliphatic carbocycles. The first-order valence-corrected chi connectivity index (χ1v) is 7.50. The third-order valence-electron chi connectivity index (χ3n) is 5.25. The molecule has 2 heterocycles. The van der Waals surface area contributed by atoms with Crippen LogP contribution in [0.15, 0.2) is 0 Å². The molecule has 0 bridgehead atoms. The summed E-state index contributed by atoms with van der Waals surface area (Å²) >= 11 is 0. The molecule has 0 spiro atoms. The van der Waals surface area contributed by atoms with Gasteiger partial charge in [0.05, 0.1) is 0 Å². The highest BCUT2D eigenvalue weighted by molar-refractivity contribution is 4.97. The lowest BCUT2D eigenvalue weighted by molar-refractivity contribution is 0.138. The normalized spacial score (nSPS) is 36.2. The van der Waals surface area contributed by atoms with Crippen molar-refractivity contribution in [1.29, 1.82) is 0 Å². The van der Waals surface area contributed by atoms with Crippen molar-refractivity contribution < 1.29 is 0 Å². The number of fused-ring (bicyclic) bond motifs is 1. The van der Waals surface area contributed by atoms with Gasteiger partial charge >= 0.3 is 0 Å². The van der Waals surface area contributed by atoms with Gasteiger partial charge in [-0.25, -0.2) is 0 Å². The first kappa shape index (κ1) is 12.0. The third-order valence-corrected chi connectivity index (χ3v) is 5.25. The van der Waals surface area contributed by atoms with Crippen molar-refractivity contribution in [3.63, 3.8) is 0 Å². The Hall–Kier alpha value is -0.0800. The largest absolute Gasteiger partial charge is 0.302 e. The third kappa shape index (κ3) is 2.39. The fraction of sp³-hybridized carbons (Fsp3) is 1.00. The first-order chi connectivity index (χ1) is 8.02. The maximum Gasteiger partial charge on any atom is 0.0125 e. The average Bonchev–Trinajstić information content (AvgIpc) is 2.66. The number of nitrogens with zero attached hydrogens (tertiary/aromatic N) is 2. The van der Waals surface area contributed by atoms with E-state index < -0.39 is 0 Å². The van der Waals surface area contributed by atoms with Crippen LogP contribution in [0.4, 0.5) is 0 Å². The SMILES string of the molecule is CC(C)(C)N1C[C@H]2CN(CC3CCC3)C[C@H]2C1. The molecule has 2 aliphatic heterocycles. The molecule has 1 saturated carbocycles. The van der Waals surface area contributed by atoms with Crippen LogP contribution >= 0.6 is 0 Å². The molecule has 17 heavy (non-hydrogen) atoms. The minimum atomic E-state index is 0.378. The van der Waals surface area contributed by atoms with E-state index in [0.717, 1.165) is 17.8 Å². The molecular weight excluding hydrogens is 208 g/mol. The Morgan fingerprint density at radius 3 is 1.94 bits per heavy atom. The average molecular weight is 236 g/mol. The van der Waals surface area contributed by atoms with Crippen LogP contribution in [-0.4, -0.2) is 48.1 Å². The molecule has 2 saturated heterocycles. The summed E-state index contributed by atoms with van der Waals surface area (Å²) < 4.78 is 0. The molecule has 2 nitrogen and oxygen atoms in total. The molecule has 0 N–H and O–H groups in total. The summed E-state index contributed by atoms with van der Waals surface area (Å²) in [4.78, 5) is 5.46. The Balaban J connectivity index is 1.51. The highest BCUT2D eigenvalue weighted by Crippen LogP contribution is 2.36. The van der Waals surface area contributed by atoms with Gasteiger partial charge in [0.1, 0.15) is 0 Å². The van der Waals surface area contributed by atoms with Crippen LogP contribution in [0.5, 0.6) is 0 Å². The van der Waals surface area contributed by atoms with Crippen molar-refractivity contribution in [2.24, 2.45) is 17.8 Å². The molecule has 0 aromatic carbocycles. The molecule has 0 unspecified atom stereocenters. The summed E-state index contributed by atoms with van der Waals surface area (Å²) in [6.45, 7) is 13.9. The van der Waals surface area contributed by atoms with Crippen molar-refractivity contribution in [1.82, 2.24) is 9.80 Å². The second-order valence-electron chi connectivity index (χ2n) is 7.61. The lowest BCUT2D eigenvalue weighted by Crippen LogP contribution is -2.42. The van der Waals surface area contributed by atoms with E-state index in [1.54, 1.807) is 0 Å². The minimum Gasteiger partial charge on any atom is -0.302 e. The van der Waals surface area contributed by atoms with E-state index >= 15 is 0 Å². The van der Waals surface area contributed by atoms with E-state index in [1.807, 2.05) is 0 Å². The van der Waals surface area contributed by atoms with Gasteiger partial charge in [0.25, 0.3) is 0 Å². The Bertz CT molecular complexity index is 263. The van der Waals surface area contributed by atoms with Crippen LogP contribution in [-0.2, 0) is 0 Å². The van der Waals surface area contributed by atoms with Crippen molar-refractivity contribution in [2.75, 3.05) is 32.7 Å². The molecule has 98 valence electrons. The van der Waals surface area contributed by atoms with E-state index in [2.05, 4.69) is 30.6 Å². The minimum absolute atomic E-state index is 0.378. The predicted molar refractivity (Wildman–Crippen MR) is 72.1 cm³/mol. The van der Waals surface area contributed by atoms with Crippen LogP contribution in [0.1, 0.15) is 40.0 Å². The number of hydrogen-bond acceptors (Lipinski definition) is 2. The topological polar surface area (TPSA) is 6.48 Å². The Morgan fingerprint density at radius 1 is 0.941 bits per heavy atom. The zero-order valence-corrected chi connectivity index (χ0v) is 11.8. The molecule has 0 amide bonds. The van der Waals surface area contributed by atoms with Gasteiger partial charge in [-0.2, -0.15) is 0 Å². The van der Waals surface area contributed by atoms with Crippen molar-refractivity contribution in [2.45, 2.75) is 45.6 Å². The molecule has 3 rings (SSSR count). The van der Waals surface area contributed by atoms with Crippen molar-refractivity contribution in [3.8, 4) is 0 Å². The zero-order chi connectivity index (χ0) is 12.0. The lowest BCUT2D eigenvalue weighted by Gasteiger charge is -2.34. The zero-order valence-electron chi connectivity index (χ0n) is 11.8. The summed E-state index contributed by atoms with van der Waals surface area (Å²) in [5.41, 5.74) is 0.378. The van der Waals surface area contributed by atoms with Crippen LogP contribution < -0.4 is 0 Å². The Morgan fingerprint density at radius 2 is 1.53 bits per heavy atom. The van der Waals surface area contributed by atoms with Crippen LogP contribution in [0.3, 0.4) is 0 Å². The van der Waals surface area contributed by atoms with Crippen molar-refractivity contribution in [3.05, 3.63) is 0 Å². The monoisotopic (exact) mass is 236 g/mol. The standard InChI is InChI=1S/C15H28N2/c1-15(2,3)17-10-13-8-16(9-14(13)11-17)7-12-5-4-6-12/h12-14H,4-11H2,1-3H3/t13-,14+. The van der Waals surface area contributed by atoms with Gasteiger partial charge in [-0.15, -0.1) is 0 Å². The molecule has 3 aliphatic rings. The quantitative estimate of drug-likeness (QED) is 0.726. The second-order valence-corrected chi connectivity index (χ2v) is 7.61. The molecule has 0 radical (unpaired) electrons. The number of rotatable bonds is 2. The van der Waals surface area contributed by atoms with E-state index in [0.29, 0.717) is 5.54 Å². The first-order valence-electron chi connectivity index (χ1n) is 7.50. The highest BCUT2D eigenvalue weighted by Gasteiger charge is 2.43. The molecule has 0 aromatic rings. The fourth-order valence-electron chi connectivity index (χ4n) is 3.83. The Labute approximate surface area is 106 Å². The maximum absolute atomic E-state index is 2.76. The molecule has 3 fully saturated rings. The number of hydrogen-bond donors (Lipinski definition) is 0. The van der Waals surface area contributed by atoms with Gasteiger partial charge in [0.15, 0.2) is 0 Å². The van der Waals surface area contributed by atoms with Gasteiger partial charge < -0.3 is 4.90 Å². The summed E-state index contributed by atoms with van der Waals surface area (Å²) in [5, 5.41) is 0. The maximum atomic E-state index is 2.76. The van der Waals surface area contributed by atoms with Crippen LogP contribution in [0, 0.1) is 17.8 Å². The summed E-state index contributed by atoms with van der Waals surface area (Å²) in [5.74, 6) is 2.98. The highest BCUT2D eigenvalue weighted by atomic mass is 15.3. The van der Waals surface area contributed by atoms with Gasteiger partial charge in [-0.05, 0) is 51.4 Å². The van der Waals surface area contributed by atoms with Gasteiger partial charge in [0, 0.05) is 38.3 Å². The van der Waals surface area contributed by atoms with E-state index in [4.69, 9.17) is 0 Å². The summed E-state index contributed by atoms with van der Waals surface area (Å²) in [6.07, 6.45) is 4.49. The smallest absolute Gasteiger partial charge is 0.0125 e.